The first-order valence-electron chi connectivity index (χ1n) is 17.9. The summed E-state index contributed by atoms with van der Waals surface area (Å²) in [7, 11) is 0. The van der Waals surface area contributed by atoms with Gasteiger partial charge in [0.05, 0.1) is 39.0 Å². The molecule has 6 nitrogen and oxygen atoms in total. The maximum Gasteiger partial charge on any atom is 0.320 e. The lowest BCUT2D eigenvalue weighted by molar-refractivity contribution is -0.148. The van der Waals surface area contributed by atoms with Crippen molar-refractivity contribution in [1.82, 2.24) is 4.90 Å². The SMILES string of the molecule is CCOC(=O)CN(CCO[C@H]1CC[C@@]2(C)C(=CC[C@H]3[C@@H]4CC[C@H]([C@H](C)CCCC(C)C)[C@@]4(C)CC[C@@H]32)C1)CC(=O)OCC. The Kier molecular flexibility index (Phi) is 12.2. The minimum atomic E-state index is -0.320. The predicted molar refractivity (Wildman–Crippen MR) is 172 cm³/mol. The summed E-state index contributed by atoms with van der Waals surface area (Å²) in [6, 6.07) is 0. The van der Waals surface area contributed by atoms with E-state index in [1.54, 1.807) is 24.3 Å². The number of hydrogen-bond acceptors (Lipinski definition) is 6. The van der Waals surface area contributed by atoms with Gasteiger partial charge in [0, 0.05) is 6.54 Å². The summed E-state index contributed by atoms with van der Waals surface area (Å²) in [6.45, 7) is 18.0. The fourth-order valence-corrected chi connectivity index (χ4v) is 10.1. The molecule has 0 unspecified atom stereocenters. The molecule has 246 valence electrons. The third-order valence-electron chi connectivity index (χ3n) is 12.3. The third kappa shape index (κ3) is 8.07. The molecular weight excluding hydrogens is 538 g/mol. The highest BCUT2D eigenvalue weighted by atomic mass is 16.5. The summed E-state index contributed by atoms with van der Waals surface area (Å²) < 4.78 is 16.6. The number of ether oxygens (including phenoxy) is 3. The van der Waals surface area contributed by atoms with Gasteiger partial charge in [-0.05, 0) is 112 Å². The fourth-order valence-electron chi connectivity index (χ4n) is 10.1. The molecule has 0 aromatic rings. The normalized spacial score (nSPS) is 34.3. The molecule has 0 aromatic carbocycles. The highest BCUT2D eigenvalue weighted by Crippen LogP contribution is 2.67. The van der Waals surface area contributed by atoms with Crippen molar-refractivity contribution in [3.8, 4) is 0 Å². The molecule has 0 aliphatic heterocycles. The lowest BCUT2D eigenvalue weighted by Gasteiger charge is -2.58. The number of nitrogens with zero attached hydrogens (tertiary/aromatic N) is 1. The van der Waals surface area contributed by atoms with E-state index in [0.29, 0.717) is 37.2 Å². The van der Waals surface area contributed by atoms with Crippen LogP contribution in [0, 0.1) is 46.3 Å². The van der Waals surface area contributed by atoms with E-state index in [-0.39, 0.29) is 31.1 Å². The molecule has 3 saturated carbocycles. The van der Waals surface area contributed by atoms with E-state index in [1.807, 2.05) is 0 Å². The molecule has 0 bridgehead atoms. The molecule has 4 aliphatic rings. The number of carbonyl (C=O) groups excluding carboxylic acids is 2. The van der Waals surface area contributed by atoms with Crippen LogP contribution in [0.5, 0.6) is 0 Å². The van der Waals surface area contributed by atoms with Crippen molar-refractivity contribution in [2.45, 2.75) is 125 Å². The molecular formula is C37H63NO5. The van der Waals surface area contributed by atoms with Crippen molar-refractivity contribution >= 4 is 11.9 Å². The number of fused-ring (bicyclic) bond motifs is 5. The number of carbonyl (C=O) groups is 2. The van der Waals surface area contributed by atoms with Gasteiger partial charge in [0.25, 0.3) is 0 Å². The zero-order valence-corrected chi connectivity index (χ0v) is 28.6. The van der Waals surface area contributed by atoms with Crippen molar-refractivity contribution < 1.29 is 23.8 Å². The smallest absolute Gasteiger partial charge is 0.320 e. The van der Waals surface area contributed by atoms with Crippen LogP contribution < -0.4 is 0 Å². The first-order valence-corrected chi connectivity index (χ1v) is 17.9. The maximum absolute atomic E-state index is 12.1. The minimum absolute atomic E-state index is 0.0740. The Balaban J connectivity index is 1.33. The molecule has 43 heavy (non-hydrogen) atoms. The lowest BCUT2D eigenvalue weighted by Crippen LogP contribution is -2.51. The monoisotopic (exact) mass is 601 g/mol. The van der Waals surface area contributed by atoms with Crippen LogP contribution in [-0.4, -0.2) is 62.4 Å². The van der Waals surface area contributed by atoms with Crippen LogP contribution in [0.2, 0.25) is 0 Å². The molecule has 0 heterocycles. The van der Waals surface area contributed by atoms with Crippen LogP contribution in [0.1, 0.15) is 119 Å². The van der Waals surface area contributed by atoms with E-state index in [4.69, 9.17) is 14.2 Å². The van der Waals surface area contributed by atoms with E-state index in [2.05, 4.69) is 40.7 Å². The van der Waals surface area contributed by atoms with Gasteiger partial charge in [0.15, 0.2) is 0 Å². The zero-order chi connectivity index (χ0) is 31.2. The molecule has 6 heteroatoms. The zero-order valence-electron chi connectivity index (χ0n) is 28.6. The lowest BCUT2D eigenvalue weighted by atomic mass is 9.47. The highest BCUT2D eigenvalue weighted by molar-refractivity contribution is 5.75. The number of rotatable bonds is 15. The molecule has 0 N–H and O–H groups in total. The third-order valence-corrected chi connectivity index (χ3v) is 12.3. The number of hydrogen-bond donors (Lipinski definition) is 0. The van der Waals surface area contributed by atoms with Crippen LogP contribution in [0.3, 0.4) is 0 Å². The Morgan fingerprint density at radius 2 is 1.63 bits per heavy atom. The van der Waals surface area contributed by atoms with Gasteiger partial charge in [-0.15, -0.1) is 0 Å². The van der Waals surface area contributed by atoms with Crippen LogP contribution in [0.4, 0.5) is 0 Å². The molecule has 0 saturated heterocycles. The molecule has 0 amide bonds. The van der Waals surface area contributed by atoms with Crippen molar-refractivity contribution in [1.29, 1.82) is 0 Å². The second-order valence-electron chi connectivity index (χ2n) is 15.3. The van der Waals surface area contributed by atoms with E-state index in [1.165, 1.54) is 57.8 Å². The quantitative estimate of drug-likeness (QED) is 0.141. The van der Waals surface area contributed by atoms with Crippen molar-refractivity contribution in [2.24, 2.45) is 46.3 Å². The van der Waals surface area contributed by atoms with Crippen LogP contribution in [0.25, 0.3) is 0 Å². The molecule has 0 radical (unpaired) electrons. The van der Waals surface area contributed by atoms with Crippen molar-refractivity contribution in [3.05, 3.63) is 11.6 Å². The summed E-state index contributed by atoms with van der Waals surface area (Å²) in [5, 5.41) is 0. The molecule has 8 atom stereocenters. The first kappa shape index (κ1) is 34.5. The Hall–Kier alpha value is -1.40. The average Bonchev–Trinajstić information content (AvgIpc) is 3.30. The van der Waals surface area contributed by atoms with E-state index >= 15 is 0 Å². The summed E-state index contributed by atoms with van der Waals surface area (Å²) in [6.07, 6.45) is 17.3. The molecule has 4 rings (SSSR count). The highest BCUT2D eigenvalue weighted by Gasteiger charge is 2.59. The second kappa shape index (κ2) is 15.3. The van der Waals surface area contributed by atoms with Gasteiger partial charge in [-0.1, -0.05) is 65.5 Å². The van der Waals surface area contributed by atoms with E-state index in [0.717, 1.165) is 48.3 Å². The predicted octanol–water partition coefficient (Wildman–Crippen LogP) is 7.84. The topological polar surface area (TPSA) is 65.1 Å². The van der Waals surface area contributed by atoms with Crippen LogP contribution >= 0.6 is 0 Å². The van der Waals surface area contributed by atoms with Gasteiger partial charge in [-0.2, -0.15) is 0 Å². The van der Waals surface area contributed by atoms with Crippen LogP contribution in [-0.2, 0) is 23.8 Å². The standard InChI is InChI=1S/C37H63NO5/c1-8-41-34(39)24-38(25-35(40)42-9-2)21-22-43-29-17-19-36(6)28(23-29)13-14-30-32-16-15-31(27(5)12-10-11-26(3)4)37(32,7)20-18-33(30)36/h13,26-27,29-33H,8-12,14-25H2,1-7H3/t27-,29+,30+,31-,32+,33+,36+,37-/m1/s1. The van der Waals surface area contributed by atoms with Crippen LogP contribution in [0.15, 0.2) is 11.6 Å². The largest absolute Gasteiger partial charge is 0.465 e. The minimum Gasteiger partial charge on any atom is -0.465 e. The van der Waals surface area contributed by atoms with Gasteiger partial charge >= 0.3 is 11.9 Å². The van der Waals surface area contributed by atoms with E-state index in [9.17, 15) is 9.59 Å². The van der Waals surface area contributed by atoms with Gasteiger partial charge in [0.2, 0.25) is 0 Å². The summed E-state index contributed by atoms with van der Waals surface area (Å²) in [4.78, 5) is 26.0. The molecule has 0 aromatic heterocycles. The number of esters is 2. The maximum atomic E-state index is 12.1. The Morgan fingerprint density at radius 1 is 0.930 bits per heavy atom. The molecule has 0 spiro atoms. The summed E-state index contributed by atoms with van der Waals surface area (Å²) >= 11 is 0. The van der Waals surface area contributed by atoms with Gasteiger partial charge < -0.3 is 14.2 Å². The fraction of sp³-hybridized carbons (Fsp3) is 0.892. The second-order valence-corrected chi connectivity index (χ2v) is 15.3. The summed E-state index contributed by atoms with van der Waals surface area (Å²) in [5.74, 6) is 4.48. The Labute approximate surface area is 263 Å². The van der Waals surface area contributed by atoms with Gasteiger partial charge in [-0.25, -0.2) is 0 Å². The van der Waals surface area contributed by atoms with Gasteiger partial charge in [-0.3, -0.25) is 14.5 Å². The van der Waals surface area contributed by atoms with Crippen molar-refractivity contribution in [3.63, 3.8) is 0 Å². The number of allylic oxidation sites excluding steroid dienone is 1. The molecule has 4 aliphatic carbocycles. The Bertz CT molecular complexity index is 943. The van der Waals surface area contributed by atoms with Gasteiger partial charge in [0.1, 0.15) is 0 Å². The summed E-state index contributed by atoms with van der Waals surface area (Å²) in [5.41, 5.74) is 2.48. The van der Waals surface area contributed by atoms with E-state index < -0.39 is 0 Å². The van der Waals surface area contributed by atoms with Crippen molar-refractivity contribution in [2.75, 3.05) is 39.5 Å². The first-order chi connectivity index (χ1) is 20.5. The molecule has 3 fully saturated rings. The Morgan fingerprint density at radius 3 is 2.28 bits per heavy atom. The average molecular weight is 602 g/mol.